The van der Waals surface area contributed by atoms with Crippen molar-refractivity contribution in [3.63, 3.8) is 0 Å². The first-order valence-electron chi connectivity index (χ1n) is 8.02. The van der Waals surface area contributed by atoms with Gasteiger partial charge < -0.3 is 10.1 Å². The van der Waals surface area contributed by atoms with Crippen LogP contribution in [0.4, 0.5) is 5.95 Å². The Hall–Kier alpha value is -2.43. The Labute approximate surface area is 135 Å². The van der Waals surface area contributed by atoms with Gasteiger partial charge in [-0.2, -0.15) is 0 Å². The molecule has 118 valence electrons. The van der Waals surface area contributed by atoms with E-state index >= 15 is 0 Å². The molecule has 4 rings (SSSR count). The van der Waals surface area contributed by atoms with E-state index in [9.17, 15) is 4.79 Å². The Morgan fingerprint density at radius 1 is 1.17 bits per heavy atom. The molecule has 1 atom stereocenters. The third-order valence-electron chi connectivity index (χ3n) is 4.54. The van der Waals surface area contributed by atoms with Crippen LogP contribution in [0.15, 0.2) is 30.5 Å². The SMILES string of the molecule is COc1ccc([C@@H]2CC(=O)c3cnc(NC4CC4)nc3C2)cc1. The molecule has 2 aliphatic carbocycles. The minimum atomic E-state index is 0.130. The molecule has 23 heavy (non-hydrogen) atoms. The van der Waals surface area contributed by atoms with Gasteiger partial charge in [-0.05, 0) is 42.9 Å². The topological polar surface area (TPSA) is 64.1 Å². The summed E-state index contributed by atoms with van der Waals surface area (Å²) >= 11 is 0. The van der Waals surface area contributed by atoms with E-state index in [4.69, 9.17) is 4.74 Å². The number of benzene rings is 1. The highest BCUT2D eigenvalue weighted by Gasteiger charge is 2.29. The van der Waals surface area contributed by atoms with E-state index in [1.807, 2.05) is 24.3 Å². The standard InChI is InChI=1S/C18H19N3O2/c1-23-14-6-2-11(3-7-14)12-8-16-15(17(22)9-12)10-19-18(21-16)20-13-4-5-13/h2-3,6-7,10,12-13H,4-5,8-9H2,1H3,(H,19,20,21)/t12-/m0/s1. The van der Waals surface area contributed by atoms with Crippen molar-refractivity contribution < 1.29 is 9.53 Å². The molecule has 1 saturated carbocycles. The molecule has 2 aliphatic rings. The van der Waals surface area contributed by atoms with Crippen molar-refractivity contribution >= 4 is 11.7 Å². The Morgan fingerprint density at radius 2 is 1.96 bits per heavy atom. The smallest absolute Gasteiger partial charge is 0.223 e. The molecule has 1 fully saturated rings. The molecular formula is C18H19N3O2. The number of Topliss-reactive ketones (excluding diaryl/α,β-unsaturated/α-hetero) is 1. The Kier molecular flexibility index (Phi) is 3.48. The molecule has 2 aromatic rings. The highest BCUT2D eigenvalue weighted by Crippen LogP contribution is 2.33. The molecule has 0 radical (unpaired) electrons. The van der Waals surface area contributed by atoms with Crippen molar-refractivity contribution in [1.29, 1.82) is 0 Å². The van der Waals surface area contributed by atoms with Crippen molar-refractivity contribution in [2.24, 2.45) is 0 Å². The molecule has 1 N–H and O–H groups in total. The molecule has 0 unspecified atom stereocenters. The lowest BCUT2D eigenvalue weighted by Gasteiger charge is -2.23. The third-order valence-corrected chi connectivity index (χ3v) is 4.54. The van der Waals surface area contributed by atoms with E-state index in [1.165, 1.54) is 12.8 Å². The zero-order chi connectivity index (χ0) is 15.8. The number of ether oxygens (including phenoxy) is 1. The maximum Gasteiger partial charge on any atom is 0.223 e. The molecule has 1 aromatic carbocycles. The van der Waals surface area contributed by atoms with Crippen LogP contribution in [-0.4, -0.2) is 28.9 Å². The Morgan fingerprint density at radius 3 is 2.65 bits per heavy atom. The number of carbonyl (C=O) groups is 1. The average Bonchev–Trinajstić information content (AvgIpc) is 3.38. The summed E-state index contributed by atoms with van der Waals surface area (Å²) in [7, 11) is 1.65. The van der Waals surface area contributed by atoms with Crippen LogP contribution in [-0.2, 0) is 6.42 Å². The first-order valence-corrected chi connectivity index (χ1v) is 8.02. The van der Waals surface area contributed by atoms with Crippen LogP contribution in [0, 0.1) is 0 Å². The van der Waals surface area contributed by atoms with E-state index in [0.29, 0.717) is 24.0 Å². The lowest BCUT2D eigenvalue weighted by atomic mass is 9.82. The highest BCUT2D eigenvalue weighted by molar-refractivity contribution is 5.98. The number of hydrogen-bond donors (Lipinski definition) is 1. The summed E-state index contributed by atoms with van der Waals surface area (Å²) in [6.07, 6.45) is 5.31. The van der Waals surface area contributed by atoms with Crippen molar-refractivity contribution in [2.45, 2.75) is 37.6 Å². The number of aromatic nitrogens is 2. The summed E-state index contributed by atoms with van der Waals surface area (Å²) in [6.45, 7) is 0. The van der Waals surface area contributed by atoms with Gasteiger partial charge in [-0.25, -0.2) is 9.97 Å². The highest BCUT2D eigenvalue weighted by atomic mass is 16.5. The van der Waals surface area contributed by atoms with E-state index in [1.54, 1.807) is 13.3 Å². The zero-order valence-electron chi connectivity index (χ0n) is 13.1. The van der Waals surface area contributed by atoms with E-state index < -0.39 is 0 Å². The molecule has 1 aromatic heterocycles. The van der Waals surface area contributed by atoms with Gasteiger partial charge in [0.15, 0.2) is 5.78 Å². The van der Waals surface area contributed by atoms with Gasteiger partial charge in [0.1, 0.15) is 5.75 Å². The molecule has 0 spiro atoms. The van der Waals surface area contributed by atoms with Crippen molar-refractivity contribution in [1.82, 2.24) is 9.97 Å². The van der Waals surface area contributed by atoms with Crippen LogP contribution >= 0.6 is 0 Å². The van der Waals surface area contributed by atoms with E-state index in [0.717, 1.165) is 23.4 Å². The van der Waals surface area contributed by atoms with Crippen molar-refractivity contribution in [3.8, 4) is 5.75 Å². The van der Waals surface area contributed by atoms with Gasteiger partial charge in [-0.15, -0.1) is 0 Å². The number of ketones is 1. The largest absolute Gasteiger partial charge is 0.497 e. The number of nitrogens with zero attached hydrogens (tertiary/aromatic N) is 2. The number of hydrogen-bond acceptors (Lipinski definition) is 5. The summed E-state index contributed by atoms with van der Waals surface area (Å²) < 4.78 is 5.20. The number of fused-ring (bicyclic) bond motifs is 1. The van der Waals surface area contributed by atoms with Crippen LogP contribution < -0.4 is 10.1 Å². The number of nitrogens with one attached hydrogen (secondary N) is 1. The van der Waals surface area contributed by atoms with Gasteiger partial charge in [0.25, 0.3) is 0 Å². The monoisotopic (exact) mass is 309 g/mol. The molecule has 0 bridgehead atoms. The molecule has 5 heteroatoms. The van der Waals surface area contributed by atoms with Gasteiger partial charge in [0, 0.05) is 18.7 Å². The predicted molar refractivity (Wildman–Crippen MR) is 87.1 cm³/mol. The predicted octanol–water partition coefficient (Wildman–Crippen LogP) is 2.97. The molecule has 0 amide bonds. The fourth-order valence-corrected chi connectivity index (χ4v) is 3.04. The molecule has 0 aliphatic heterocycles. The van der Waals surface area contributed by atoms with Crippen molar-refractivity contribution in [3.05, 3.63) is 47.3 Å². The lowest BCUT2D eigenvalue weighted by Crippen LogP contribution is -2.21. The minimum Gasteiger partial charge on any atom is -0.497 e. The lowest BCUT2D eigenvalue weighted by molar-refractivity contribution is 0.0962. The van der Waals surface area contributed by atoms with Gasteiger partial charge in [-0.3, -0.25) is 4.79 Å². The van der Waals surface area contributed by atoms with Gasteiger partial charge in [0.2, 0.25) is 5.95 Å². The Balaban J connectivity index is 1.59. The molecule has 0 saturated heterocycles. The number of methoxy groups -OCH3 is 1. The third kappa shape index (κ3) is 2.91. The summed E-state index contributed by atoms with van der Waals surface area (Å²) in [5.74, 6) is 1.78. The van der Waals surface area contributed by atoms with Gasteiger partial charge >= 0.3 is 0 Å². The fraction of sp³-hybridized carbons (Fsp3) is 0.389. The number of carbonyl (C=O) groups excluding carboxylic acids is 1. The Bertz CT molecular complexity index is 738. The van der Waals surface area contributed by atoms with Gasteiger partial charge in [-0.1, -0.05) is 12.1 Å². The van der Waals surface area contributed by atoms with E-state index in [-0.39, 0.29) is 11.7 Å². The first kappa shape index (κ1) is 14.2. The zero-order valence-corrected chi connectivity index (χ0v) is 13.1. The average molecular weight is 309 g/mol. The maximum absolute atomic E-state index is 12.4. The second-order valence-electron chi connectivity index (χ2n) is 6.27. The normalized spacial score (nSPS) is 20.0. The molecular weight excluding hydrogens is 290 g/mol. The second-order valence-corrected chi connectivity index (χ2v) is 6.27. The summed E-state index contributed by atoms with van der Waals surface area (Å²) in [4.78, 5) is 21.3. The van der Waals surface area contributed by atoms with Crippen LogP contribution in [0.25, 0.3) is 0 Å². The minimum absolute atomic E-state index is 0.130. The first-order chi connectivity index (χ1) is 11.2. The fourth-order valence-electron chi connectivity index (χ4n) is 3.04. The van der Waals surface area contributed by atoms with Crippen LogP contribution in [0.5, 0.6) is 5.75 Å². The number of anilines is 1. The maximum atomic E-state index is 12.4. The molecule has 5 nitrogen and oxygen atoms in total. The quantitative estimate of drug-likeness (QED) is 0.940. The second kappa shape index (κ2) is 5.65. The van der Waals surface area contributed by atoms with Crippen LogP contribution in [0.1, 0.15) is 46.8 Å². The van der Waals surface area contributed by atoms with E-state index in [2.05, 4.69) is 15.3 Å². The summed E-state index contributed by atoms with van der Waals surface area (Å²) in [6, 6.07) is 8.45. The molecule has 1 heterocycles. The van der Waals surface area contributed by atoms with Crippen LogP contribution in [0.3, 0.4) is 0 Å². The van der Waals surface area contributed by atoms with Gasteiger partial charge in [0.05, 0.1) is 18.4 Å². The summed E-state index contributed by atoms with van der Waals surface area (Å²) in [5, 5.41) is 3.30. The summed E-state index contributed by atoms with van der Waals surface area (Å²) in [5.41, 5.74) is 2.69. The van der Waals surface area contributed by atoms with Crippen molar-refractivity contribution in [2.75, 3.05) is 12.4 Å². The number of rotatable bonds is 4. The van der Waals surface area contributed by atoms with Crippen LogP contribution in [0.2, 0.25) is 0 Å².